The first-order valence-electron chi connectivity index (χ1n) is 11.2. The molecule has 0 bridgehead atoms. The summed E-state index contributed by atoms with van der Waals surface area (Å²) in [6.45, 7) is 6.43. The van der Waals surface area contributed by atoms with Gasteiger partial charge < -0.3 is 29.2 Å². The predicted octanol–water partition coefficient (Wildman–Crippen LogP) is 1.16. The zero-order chi connectivity index (χ0) is 25.4. The Kier molecular flexibility index (Phi) is 9.94. The van der Waals surface area contributed by atoms with Gasteiger partial charge in [0.1, 0.15) is 24.4 Å². The Morgan fingerprint density at radius 3 is 2.47 bits per heavy atom. The molecule has 0 amide bonds. The number of nitrogens with zero attached hydrogens (tertiary/aromatic N) is 1. The number of carbonyl (C=O) groups is 4. The van der Waals surface area contributed by atoms with Gasteiger partial charge in [0, 0.05) is 18.9 Å². The second-order valence-corrected chi connectivity index (χ2v) is 8.12. The van der Waals surface area contributed by atoms with Crippen molar-refractivity contribution in [2.75, 3.05) is 6.61 Å². The number of aromatic carboxylic acids is 1. The molecule has 2 heterocycles. The van der Waals surface area contributed by atoms with Crippen LogP contribution in [0, 0.1) is 5.92 Å². The number of ether oxygens (including phenoxy) is 4. The van der Waals surface area contributed by atoms with Gasteiger partial charge in [0.2, 0.25) is 0 Å². The Bertz CT molecular complexity index is 884. The minimum absolute atomic E-state index is 0.0126. The van der Waals surface area contributed by atoms with E-state index in [0.29, 0.717) is 12.8 Å². The average Bonchev–Trinajstić information content (AvgIpc) is 3.10. The lowest BCUT2D eigenvalue weighted by molar-refractivity contribution is -0.765. The van der Waals surface area contributed by atoms with E-state index in [1.165, 1.54) is 29.8 Å². The van der Waals surface area contributed by atoms with Crippen molar-refractivity contribution in [1.82, 2.24) is 0 Å². The molecular weight excluding hydrogens is 450 g/mol. The quantitative estimate of drug-likeness (QED) is 0.267. The molecule has 0 aromatic carbocycles. The van der Waals surface area contributed by atoms with E-state index >= 15 is 0 Å². The van der Waals surface area contributed by atoms with Gasteiger partial charge in [-0.15, -0.1) is 0 Å². The van der Waals surface area contributed by atoms with Crippen molar-refractivity contribution >= 4 is 23.9 Å². The van der Waals surface area contributed by atoms with Crippen LogP contribution in [0.4, 0.5) is 0 Å². The zero-order valence-electron chi connectivity index (χ0n) is 19.7. The molecule has 0 radical (unpaired) electrons. The van der Waals surface area contributed by atoms with Gasteiger partial charge in [0.15, 0.2) is 24.6 Å². The third kappa shape index (κ3) is 7.22. The minimum Gasteiger partial charge on any atom is -0.477 e. The van der Waals surface area contributed by atoms with Gasteiger partial charge in [-0.3, -0.25) is 9.59 Å². The largest absolute Gasteiger partial charge is 0.477 e. The molecule has 11 nitrogen and oxygen atoms in total. The van der Waals surface area contributed by atoms with Crippen LogP contribution in [0.5, 0.6) is 0 Å². The molecule has 0 unspecified atom stereocenters. The summed E-state index contributed by atoms with van der Waals surface area (Å²) in [5, 5.41) is 19.3. The normalized spacial score (nSPS) is 22.8. The first kappa shape index (κ1) is 27.2. The Balaban J connectivity index is 2.03. The van der Waals surface area contributed by atoms with Gasteiger partial charge in [-0.1, -0.05) is 20.8 Å². The minimum atomic E-state index is -1.69. The molecule has 0 aliphatic carbocycles. The van der Waals surface area contributed by atoms with Crippen molar-refractivity contribution in [2.45, 2.75) is 77.6 Å². The SMILES string of the molecule is CCC(CC)OC(=O)C[C@H](O)C(=O)OC[C@H]1O[C@@H]([n+]2cccc(C(=O)O)c2)[C@H](OC(C)=O)[C@@H]1C. The second-order valence-electron chi connectivity index (χ2n) is 8.12. The second kappa shape index (κ2) is 12.4. The van der Waals surface area contributed by atoms with Gasteiger partial charge in [-0.2, -0.15) is 4.57 Å². The number of esters is 3. The van der Waals surface area contributed by atoms with Crippen molar-refractivity contribution in [3.05, 3.63) is 30.1 Å². The third-order valence-corrected chi connectivity index (χ3v) is 5.60. The Hall–Kier alpha value is -3.05. The van der Waals surface area contributed by atoms with E-state index in [-0.39, 0.29) is 18.3 Å². The summed E-state index contributed by atoms with van der Waals surface area (Å²) in [7, 11) is 0. The van der Waals surface area contributed by atoms with Crippen molar-refractivity contribution in [3.63, 3.8) is 0 Å². The smallest absolute Gasteiger partial charge is 0.341 e. The van der Waals surface area contributed by atoms with Crippen LogP contribution in [-0.2, 0) is 33.3 Å². The number of aliphatic hydroxyl groups is 1. The number of hydrogen-bond acceptors (Lipinski definition) is 9. The van der Waals surface area contributed by atoms with E-state index in [1.54, 1.807) is 13.1 Å². The molecule has 1 aliphatic rings. The Labute approximate surface area is 197 Å². The lowest BCUT2D eigenvalue weighted by Gasteiger charge is -2.18. The number of carboxylic acid groups (broad SMARTS) is 1. The number of rotatable bonds is 11. The lowest BCUT2D eigenvalue weighted by atomic mass is 10.0. The lowest BCUT2D eigenvalue weighted by Crippen LogP contribution is -2.46. The molecular formula is C23H32NO10+. The van der Waals surface area contributed by atoms with Gasteiger partial charge in [0.05, 0.1) is 6.42 Å². The fourth-order valence-corrected chi connectivity index (χ4v) is 3.61. The molecule has 1 aliphatic heterocycles. The van der Waals surface area contributed by atoms with Crippen molar-refractivity contribution in [2.24, 2.45) is 5.92 Å². The van der Waals surface area contributed by atoms with Gasteiger partial charge in [-0.05, 0) is 18.9 Å². The summed E-state index contributed by atoms with van der Waals surface area (Å²) < 4.78 is 23.1. The van der Waals surface area contributed by atoms with E-state index in [1.807, 2.05) is 13.8 Å². The van der Waals surface area contributed by atoms with E-state index in [4.69, 9.17) is 18.9 Å². The van der Waals surface area contributed by atoms with Crippen molar-refractivity contribution in [3.8, 4) is 0 Å². The molecule has 2 N–H and O–H groups in total. The summed E-state index contributed by atoms with van der Waals surface area (Å²) in [5.41, 5.74) is 0.0126. The van der Waals surface area contributed by atoms with Crippen molar-refractivity contribution < 1.29 is 52.9 Å². The van der Waals surface area contributed by atoms with Crippen LogP contribution in [0.25, 0.3) is 0 Å². The van der Waals surface area contributed by atoms with Gasteiger partial charge in [0.25, 0.3) is 0 Å². The number of aliphatic hydroxyl groups excluding tert-OH is 1. The molecule has 34 heavy (non-hydrogen) atoms. The highest BCUT2D eigenvalue weighted by Crippen LogP contribution is 2.33. The molecule has 1 fully saturated rings. The molecule has 0 saturated carbocycles. The standard InChI is InChI=1S/C23H31NO10/c1-5-16(6-2)33-19(27)10-17(26)23(30)31-12-18-13(3)20(32-14(4)25)21(34-18)24-9-7-8-15(11-24)22(28)29/h7-9,11,13,16-18,20-21,26H,5-6,10,12H2,1-4H3/p+1/t13-,17+,18-,20-,21-/m1/s1. The van der Waals surface area contributed by atoms with Crippen LogP contribution in [0.3, 0.4) is 0 Å². The Morgan fingerprint density at radius 1 is 1.21 bits per heavy atom. The highest BCUT2D eigenvalue weighted by molar-refractivity contribution is 5.86. The highest BCUT2D eigenvalue weighted by atomic mass is 16.6. The Morgan fingerprint density at radius 2 is 1.88 bits per heavy atom. The summed E-state index contributed by atoms with van der Waals surface area (Å²) in [6.07, 6.45) is -0.706. The highest BCUT2D eigenvalue weighted by Gasteiger charge is 2.50. The van der Waals surface area contributed by atoms with Crippen LogP contribution in [0.1, 0.15) is 63.5 Å². The van der Waals surface area contributed by atoms with E-state index in [0.717, 1.165) is 0 Å². The number of pyridine rings is 1. The van der Waals surface area contributed by atoms with Gasteiger partial charge in [-0.25, -0.2) is 9.59 Å². The summed E-state index contributed by atoms with van der Waals surface area (Å²) >= 11 is 0. The first-order valence-corrected chi connectivity index (χ1v) is 11.2. The molecule has 1 aromatic heterocycles. The summed E-state index contributed by atoms with van der Waals surface area (Å²) in [4.78, 5) is 47.1. The number of carboxylic acids is 1. The molecule has 11 heteroatoms. The van der Waals surface area contributed by atoms with Crippen LogP contribution in [0.2, 0.25) is 0 Å². The van der Waals surface area contributed by atoms with E-state index < -0.39 is 60.8 Å². The van der Waals surface area contributed by atoms with Crippen molar-refractivity contribution in [1.29, 1.82) is 0 Å². The maximum absolute atomic E-state index is 12.2. The van der Waals surface area contributed by atoms with Crippen LogP contribution < -0.4 is 4.57 Å². The van der Waals surface area contributed by atoms with E-state index in [2.05, 4.69) is 0 Å². The fourth-order valence-electron chi connectivity index (χ4n) is 3.61. The average molecular weight is 483 g/mol. The summed E-state index contributed by atoms with van der Waals surface area (Å²) in [5.74, 6) is -3.82. The molecule has 188 valence electrons. The maximum atomic E-state index is 12.2. The molecule has 1 aromatic rings. The molecule has 2 rings (SSSR count). The monoisotopic (exact) mass is 482 g/mol. The number of hydrogen-bond donors (Lipinski definition) is 2. The first-order chi connectivity index (χ1) is 16.1. The third-order valence-electron chi connectivity index (χ3n) is 5.60. The number of carbonyl (C=O) groups excluding carboxylic acids is 3. The topological polar surface area (TPSA) is 150 Å². The van der Waals surface area contributed by atoms with E-state index in [9.17, 15) is 29.4 Å². The van der Waals surface area contributed by atoms with Gasteiger partial charge >= 0.3 is 30.1 Å². The summed E-state index contributed by atoms with van der Waals surface area (Å²) in [6, 6.07) is 2.93. The predicted molar refractivity (Wildman–Crippen MR) is 114 cm³/mol. The molecule has 0 spiro atoms. The number of aromatic nitrogens is 1. The van der Waals surface area contributed by atoms with Crippen LogP contribution in [0.15, 0.2) is 24.5 Å². The fraction of sp³-hybridized carbons (Fsp3) is 0.609. The maximum Gasteiger partial charge on any atom is 0.341 e. The zero-order valence-corrected chi connectivity index (χ0v) is 19.7. The van der Waals surface area contributed by atoms with Crippen LogP contribution >= 0.6 is 0 Å². The van der Waals surface area contributed by atoms with Crippen LogP contribution in [-0.4, -0.2) is 65.1 Å². The molecule has 1 saturated heterocycles. The molecule has 5 atom stereocenters.